The molecule has 5 fully saturated rings. The highest BCUT2D eigenvalue weighted by Crippen LogP contribution is 2.54. The molecule has 4 aliphatic carbocycles. The summed E-state index contributed by atoms with van der Waals surface area (Å²) < 4.78 is 0. The topological polar surface area (TPSA) is 32.3 Å². The molecule has 1 amide bonds. The summed E-state index contributed by atoms with van der Waals surface area (Å²) in [5.74, 6) is 5.55. The third-order valence-electron chi connectivity index (χ3n) is 8.15. The van der Waals surface area contributed by atoms with Gasteiger partial charge in [0.1, 0.15) is 0 Å². The summed E-state index contributed by atoms with van der Waals surface area (Å²) in [4.78, 5) is 15.8. The van der Waals surface area contributed by atoms with Crippen molar-refractivity contribution in [3.8, 4) is 0 Å². The van der Waals surface area contributed by atoms with Gasteiger partial charge in [0, 0.05) is 18.6 Å². The Labute approximate surface area is 153 Å². The summed E-state index contributed by atoms with van der Waals surface area (Å²) in [7, 11) is 0. The fraction of sp³-hybridized carbons (Fsp3) is 0.955. The number of hydrogen-bond acceptors (Lipinski definition) is 2. The van der Waals surface area contributed by atoms with E-state index in [0.717, 1.165) is 30.2 Å². The molecule has 25 heavy (non-hydrogen) atoms. The molecule has 3 heteroatoms. The maximum absolute atomic E-state index is 13.2. The molecule has 1 N–H and O–H groups in total. The fourth-order valence-corrected chi connectivity index (χ4v) is 7.22. The van der Waals surface area contributed by atoms with Crippen molar-refractivity contribution in [3.63, 3.8) is 0 Å². The zero-order chi connectivity index (χ0) is 17.1. The van der Waals surface area contributed by atoms with E-state index < -0.39 is 0 Å². The molecule has 0 aromatic carbocycles. The molecule has 4 saturated carbocycles. The molecular formula is C22H36N2O. The van der Waals surface area contributed by atoms with Gasteiger partial charge in [-0.2, -0.15) is 0 Å². The van der Waals surface area contributed by atoms with Gasteiger partial charge in [0.05, 0.1) is 6.04 Å². The first kappa shape index (κ1) is 16.6. The minimum absolute atomic E-state index is 0.179. The molecular weight excluding hydrogens is 308 g/mol. The Bertz CT molecular complexity index is 510. The van der Waals surface area contributed by atoms with Crippen LogP contribution in [0.25, 0.3) is 0 Å². The van der Waals surface area contributed by atoms with Crippen LogP contribution in [0, 0.1) is 35.5 Å². The Morgan fingerprint density at radius 1 is 0.920 bits per heavy atom. The highest BCUT2D eigenvalue weighted by molar-refractivity contribution is 5.83. The molecule has 0 radical (unpaired) electrons. The Morgan fingerprint density at radius 3 is 2.32 bits per heavy atom. The molecule has 4 unspecified atom stereocenters. The maximum Gasteiger partial charge on any atom is 0.237 e. The maximum atomic E-state index is 13.2. The summed E-state index contributed by atoms with van der Waals surface area (Å²) in [6, 6.07) is 1.33. The lowest BCUT2D eigenvalue weighted by atomic mass is 9.76. The average molecular weight is 345 g/mol. The number of carbonyl (C=O) groups is 1. The van der Waals surface area contributed by atoms with Crippen LogP contribution in [0.3, 0.4) is 0 Å². The minimum Gasteiger partial charge on any atom is -0.352 e. The van der Waals surface area contributed by atoms with Gasteiger partial charge in [-0.15, -0.1) is 0 Å². The van der Waals surface area contributed by atoms with Crippen LogP contribution in [0.2, 0.25) is 0 Å². The van der Waals surface area contributed by atoms with E-state index in [9.17, 15) is 4.79 Å². The number of likely N-dealkylation sites (tertiary alicyclic amines) is 1. The molecule has 5 aliphatic rings. The number of carbonyl (C=O) groups excluding carboxylic acids is 1. The molecule has 0 spiro atoms. The largest absolute Gasteiger partial charge is 0.352 e. The molecule has 1 saturated heterocycles. The summed E-state index contributed by atoms with van der Waals surface area (Å²) in [6.07, 6.45) is 12.3. The molecule has 4 bridgehead atoms. The second kappa shape index (κ2) is 6.25. The smallest absolute Gasteiger partial charge is 0.237 e. The minimum atomic E-state index is 0.179. The molecule has 140 valence electrons. The first-order chi connectivity index (χ1) is 12.1. The van der Waals surface area contributed by atoms with Crippen LogP contribution in [0.1, 0.15) is 71.6 Å². The van der Waals surface area contributed by atoms with Crippen LogP contribution < -0.4 is 5.32 Å². The van der Waals surface area contributed by atoms with E-state index >= 15 is 0 Å². The number of amides is 1. The van der Waals surface area contributed by atoms with Crippen molar-refractivity contribution < 1.29 is 4.79 Å². The van der Waals surface area contributed by atoms with Gasteiger partial charge in [-0.1, -0.05) is 13.8 Å². The Morgan fingerprint density at radius 2 is 1.64 bits per heavy atom. The van der Waals surface area contributed by atoms with Crippen LogP contribution >= 0.6 is 0 Å². The zero-order valence-electron chi connectivity index (χ0n) is 16.1. The highest BCUT2D eigenvalue weighted by atomic mass is 16.2. The second-order valence-electron chi connectivity index (χ2n) is 10.6. The fourth-order valence-electron chi connectivity index (χ4n) is 7.22. The van der Waals surface area contributed by atoms with Crippen molar-refractivity contribution in [2.24, 2.45) is 35.5 Å². The monoisotopic (exact) mass is 344 g/mol. The first-order valence-corrected chi connectivity index (χ1v) is 11.1. The second-order valence-corrected chi connectivity index (χ2v) is 10.6. The lowest BCUT2D eigenvalue weighted by Crippen LogP contribution is -2.54. The normalized spacial score (nSPS) is 48.3. The number of rotatable bonds is 4. The molecule has 0 aromatic rings. The van der Waals surface area contributed by atoms with Gasteiger partial charge >= 0.3 is 0 Å². The molecule has 5 rings (SSSR count). The number of piperidine rings is 1. The Balaban J connectivity index is 1.24. The van der Waals surface area contributed by atoms with Gasteiger partial charge in [-0.05, 0) is 93.3 Å². The van der Waals surface area contributed by atoms with Crippen molar-refractivity contribution >= 4 is 5.91 Å². The van der Waals surface area contributed by atoms with E-state index in [-0.39, 0.29) is 6.04 Å². The van der Waals surface area contributed by atoms with E-state index in [2.05, 4.69) is 24.1 Å². The Kier molecular flexibility index (Phi) is 4.15. The molecule has 7 atom stereocenters. The van der Waals surface area contributed by atoms with E-state index in [4.69, 9.17) is 0 Å². The van der Waals surface area contributed by atoms with Crippen molar-refractivity contribution in [1.29, 1.82) is 0 Å². The highest BCUT2D eigenvalue weighted by Gasteiger charge is 2.50. The lowest BCUT2D eigenvalue weighted by Gasteiger charge is -2.38. The third-order valence-corrected chi connectivity index (χ3v) is 8.15. The standard InChI is InChI=1S/C22H36N2O/c1-13(2)12-24-20-4-3-16(11-20)21(24)22(25)23-19-8-14-5-15(9-19)7-18-10-17(18)6-14/h13-21H,3-12H2,1-2H3,(H,23,25)/t14?,15?,16-,17?,18?,19?,20+,21-/m1/s1. The third kappa shape index (κ3) is 3.15. The SMILES string of the molecule is CC(C)CN1[C@H]2CC[C@H](C2)[C@@H]1C(=O)NC1CC2CC(C1)CC1CC1C2. The average Bonchev–Trinajstić information content (AvgIpc) is 2.99. The molecule has 3 nitrogen and oxygen atoms in total. The lowest BCUT2D eigenvalue weighted by molar-refractivity contribution is -0.129. The van der Waals surface area contributed by atoms with E-state index in [1.165, 1.54) is 57.8 Å². The summed E-state index contributed by atoms with van der Waals surface area (Å²) in [5.41, 5.74) is 0. The summed E-state index contributed by atoms with van der Waals surface area (Å²) in [6.45, 7) is 5.68. The van der Waals surface area contributed by atoms with Gasteiger partial charge in [-0.25, -0.2) is 0 Å². The number of nitrogens with one attached hydrogen (secondary N) is 1. The zero-order valence-corrected chi connectivity index (χ0v) is 16.1. The van der Waals surface area contributed by atoms with Gasteiger partial charge in [0.2, 0.25) is 5.91 Å². The van der Waals surface area contributed by atoms with Crippen molar-refractivity contribution in [2.75, 3.05) is 6.54 Å². The predicted molar refractivity (Wildman–Crippen MR) is 100 cm³/mol. The molecule has 0 aromatic heterocycles. The van der Waals surface area contributed by atoms with Crippen LogP contribution in [0.5, 0.6) is 0 Å². The van der Waals surface area contributed by atoms with Gasteiger partial charge < -0.3 is 5.32 Å². The summed E-state index contributed by atoms with van der Waals surface area (Å²) in [5, 5.41) is 3.55. The molecule has 1 aliphatic heterocycles. The van der Waals surface area contributed by atoms with Crippen LogP contribution in [-0.4, -0.2) is 35.5 Å². The number of fused-ring (bicyclic) bond motifs is 5. The van der Waals surface area contributed by atoms with Gasteiger partial charge in [-0.3, -0.25) is 9.69 Å². The van der Waals surface area contributed by atoms with Crippen LogP contribution in [0.4, 0.5) is 0 Å². The Hall–Kier alpha value is -0.570. The van der Waals surface area contributed by atoms with E-state index in [1.54, 1.807) is 0 Å². The number of hydrogen-bond donors (Lipinski definition) is 1. The number of nitrogens with zero attached hydrogens (tertiary/aromatic N) is 1. The van der Waals surface area contributed by atoms with Crippen molar-refractivity contribution in [3.05, 3.63) is 0 Å². The van der Waals surface area contributed by atoms with Crippen molar-refractivity contribution in [1.82, 2.24) is 10.2 Å². The quantitative estimate of drug-likeness (QED) is 0.841. The van der Waals surface area contributed by atoms with Crippen LogP contribution in [-0.2, 0) is 4.79 Å². The first-order valence-electron chi connectivity index (χ1n) is 11.1. The summed E-state index contributed by atoms with van der Waals surface area (Å²) >= 11 is 0. The van der Waals surface area contributed by atoms with Gasteiger partial charge in [0.25, 0.3) is 0 Å². The van der Waals surface area contributed by atoms with E-state index in [1.807, 2.05) is 0 Å². The van der Waals surface area contributed by atoms with Crippen LogP contribution in [0.15, 0.2) is 0 Å². The predicted octanol–water partition coefficient (Wildman–Crippen LogP) is 3.83. The van der Waals surface area contributed by atoms with Crippen molar-refractivity contribution in [2.45, 2.75) is 89.8 Å². The van der Waals surface area contributed by atoms with E-state index in [0.29, 0.717) is 29.8 Å². The van der Waals surface area contributed by atoms with Gasteiger partial charge in [0.15, 0.2) is 0 Å². The molecule has 1 heterocycles.